The van der Waals surface area contributed by atoms with Crippen molar-refractivity contribution in [2.24, 2.45) is 11.8 Å². The summed E-state index contributed by atoms with van der Waals surface area (Å²) >= 11 is 0. The number of hydrogen-bond donors (Lipinski definition) is 2. The van der Waals surface area contributed by atoms with E-state index in [2.05, 4.69) is 62.6 Å². The maximum Gasteiger partial charge on any atom is 0.226 e. The molecule has 0 aromatic heterocycles. The molecule has 0 spiro atoms. The first-order chi connectivity index (χ1) is 15.6. The molecule has 0 saturated carbocycles. The highest BCUT2D eigenvalue weighted by molar-refractivity contribution is 5.94. The molecule has 2 rings (SSSR count). The highest BCUT2D eigenvalue weighted by Crippen LogP contribution is 2.30. The SMILES string of the molecule is CCc1cc(Cc2cc(CC)c(NC(=O)C(C)C)c(CC)c2)cc(CC)c1NC(=O)C(C)C. The van der Waals surface area contributed by atoms with E-state index in [0.717, 1.165) is 43.5 Å². The Labute approximate surface area is 200 Å². The van der Waals surface area contributed by atoms with Crippen LogP contribution in [0, 0.1) is 11.8 Å². The molecule has 2 aromatic rings. The van der Waals surface area contributed by atoms with Crippen LogP contribution in [0.4, 0.5) is 11.4 Å². The number of carbonyl (C=O) groups is 2. The average Bonchev–Trinajstić information content (AvgIpc) is 2.79. The van der Waals surface area contributed by atoms with Gasteiger partial charge < -0.3 is 10.6 Å². The van der Waals surface area contributed by atoms with Crippen molar-refractivity contribution >= 4 is 23.2 Å². The lowest BCUT2D eigenvalue weighted by atomic mass is 9.92. The largest absolute Gasteiger partial charge is 0.325 e. The fourth-order valence-corrected chi connectivity index (χ4v) is 4.09. The minimum absolute atomic E-state index is 0.0475. The van der Waals surface area contributed by atoms with Crippen molar-refractivity contribution in [3.8, 4) is 0 Å². The molecule has 0 aliphatic rings. The molecule has 0 aliphatic carbocycles. The summed E-state index contributed by atoms with van der Waals surface area (Å²) in [7, 11) is 0. The molecule has 2 N–H and O–H groups in total. The van der Waals surface area contributed by atoms with Crippen molar-refractivity contribution in [2.75, 3.05) is 10.6 Å². The summed E-state index contributed by atoms with van der Waals surface area (Å²) in [4.78, 5) is 24.7. The Kier molecular flexibility index (Phi) is 9.70. The predicted molar refractivity (Wildman–Crippen MR) is 140 cm³/mol. The van der Waals surface area contributed by atoms with Crippen molar-refractivity contribution < 1.29 is 9.59 Å². The van der Waals surface area contributed by atoms with Gasteiger partial charge in [0, 0.05) is 23.2 Å². The molecule has 2 amide bonds. The maximum atomic E-state index is 12.4. The summed E-state index contributed by atoms with van der Waals surface area (Å²) in [5, 5.41) is 6.33. The van der Waals surface area contributed by atoms with E-state index < -0.39 is 0 Å². The highest BCUT2D eigenvalue weighted by Gasteiger charge is 2.17. The summed E-state index contributed by atoms with van der Waals surface area (Å²) in [6.45, 7) is 16.2. The van der Waals surface area contributed by atoms with Crippen molar-refractivity contribution in [1.29, 1.82) is 0 Å². The van der Waals surface area contributed by atoms with Crippen LogP contribution in [-0.2, 0) is 41.7 Å². The van der Waals surface area contributed by atoms with Gasteiger partial charge in [-0.1, -0.05) is 79.7 Å². The van der Waals surface area contributed by atoms with E-state index >= 15 is 0 Å². The van der Waals surface area contributed by atoms with Crippen LogP contribution in [0.2, 0.25) is 0 Å². The van der Waals surface area contributed by atoms with Crippen LogP contribution < -0.4 is 10.6 Å². The molecule has 33 heavy (non-hydrogen) atoms. The smallest absolute Gasteiger partial charge is 0.226 e. The molecule has 0 radical (unpaired) electrons. The van der Waals surface area contributed by atoms with Crippen LogP contribution in [0.25, 0.3) is 0 Å². The lowest BCUT2D eigenvalue weighted by molar-refractivity contribution is -0.119. The number of rotatable bonds is 10. The Morgan fingerprint density at radius 2 is 0.879 bits per heavy atom. The van der Waals surface area contributed by atoms with Gasteiger partial charge in [-0.2, -0.15) is 0 Å². The molecule has 4 nitrogen and oxygen atoms in total. The van der Waals surface area contributed by atoms with Gasteiger partial charge in [0.15, 0.2) is 0 Å². The Hall–Kier alpha value is -2.62. The zero-order valence-corrected chi connectivity index (χ0v) is 21.8. The standard InChI is InChI=1S/C29H42N2O2/c1-9-22-14-20(15-23(10-2)26(22)30-28(32)18(5)6)13-21-16-24(11-3)27(25(12-4)17-21)31-29(33)19(7)8/h14-19H,9-13H2,1-8H3,(H,30,32)(H,31,33). The van der Waals surface area contributed by atoms with E-state index in [1.165, 1.54) is 33.4 Å². The lowest BCUT2D eigenvalue weighted by Gasteiger charge is -2.20. The van der Waals surface area contributed by atoms with Crippen LogP contribution in [-0.4, -0.2) is 11.8 Å². The molecule has 0 saturated heterocycles. The van der Waals surface area contributed by atoms with Crippen LogP contribution in [0.3, 0.4) is 0 Å². The molecular weight excluding hydrogens is 408 g/mol. The molecule has 0 aliphatic heterocycles. The predicted octanol–water partition coefficient (Wildman–Crippen LogP) is 6.72. The molecule has 2 aromatic carbocycles. The zero-order valence-electron chi connectivity index (χ0n) is 21.8. The number of aryl methyl sites for hydroxylation is 4. The molecule has 180 valence electrons. The van der Waals surface area contributed by atoms with E-state index in [1.54, 1.807) is 0 Å². The summed E-state index contributed by atoms with van der Waals surface area (Å²) in [5.41, 5.74) is 9.23. The monoisotopic (exact) mass is 450 g/mol. The third kappa shape index (κ3) is 6.69. The van der Waals surface area contributed by atoms with Crippen LogP contribution >= 0.6 is 0 Å². The molecule has 0 atom stereocenters. The second kappa shape index (κ2) is 12.0. The van der Waals surface area contributed by atoms with E-state index in [4.69, 9.17) is 0 Å². The van der Waals surface area contributed by atoms with Crippen LogP contribution in [0.5, 0.6) is 0 Å². The number of nitrogens with one attached hydrogen (secondary N) is 2. The first-order valence-electron chi connectivity index (χ1n) is 12.6. The van der Waals surface area contributed by atoms with Crippen LogP contribution in [0.1, 0.15) is 88.8 Å². The Morgan fingerprint density at radius 1 is 0.606 bits per heavy atom. The summed E-state index contributed by atoms with van der Waals surface area (Å²) < 4.78 is 0. The van der Waals surface area contributed by atoms with Crippen molar-refractivity contribution in [1.82, 2.24) is 0 Å². The van der Waals surface area contributed by atoms with Crippen molar-refractivity contribution in [3.05, 3.63) is 57.6 Å². The average molecular weight is 451 g/mol. The second-order valence-electron chi connectivity index (χ2n) is 9.46. The van der Waals surface area contributed by atoms with Gasteiger partial charge >= 0.3 is 0 Å². The number of carbonyl (C=O) groups excluding carboxylic acids is 2. The minimum Gasteiger partial charge on any atom is -0.325 e. The van der Waals surface area contributed by atoms with E-state index in [1.807, 2.05) is 27.7 Å². The first-order valence-corrected chi connectivity index (χ1v) is 12.6. The highest BCUT2D eigenvalue weighted by atomic mass is 16.2. The zero-order chi connectivity index (χ0) is 24.7. The maximum absolute atomic E-state index is 12.4. The number of amides is 2. The number of benzene rings is 2. The quantitative estimate of drug-likeness (QED) is 0.422. The van der Waals surface area contributed by atoms with E-state index in [0.29, 0.717) is 0 Å². The fraction of sp³-hybridized carbons (Fsp3) is 0.517. The third-order valence-corrected chi connectivity index (χ3v) is 6.20. The Balaban J connectivity index is 2.45. The van der Waals surface area contributed by atoms with Crippen LogP contribution in [0.15, 0.2) is 24.3 Å². The summed E-state index contributed by atoms with van der Waals surface area (Å²) in [6.07, 6.45) is 4.31. The Bertz CT molecular complexity index is 860. The van der Waals surface area contributed by atoms with E-state index in [-0.39, 0.29) is 23.7 Å². The van der Waals surface area contributed by atoms with Crippen molar-refractivity contribution in [3.63, 3.8) is 0 Å². The van der Waals surface area contributed by atoms with Gasteiger partial charge in [-0.3, -0.25) is 9.59 Å². The second-order valence-corrected chi connectivity index (χ2v) is 9.46. The normalized spacial score (nSPS) is 11.2. The molecule has 0 fully saturated rings. The van der Waals surface area contributed by atoms with Gasteiger partial charge in [0.05, 0.1) is 0 Å². The van der Waals surface area contributed by atoms with Gasteiger partial charge in [0.1, 0.15) is 0 Å². The van der Waals surface area contributed by atoms with Gasteiger partial charge in [-0.15, -0.1) is 0 Å². The number of anilines is 2. The number of hydrogen-bond acceptors (Lipinski definition) is 2. The van der Waals surface area contributed by atoms with Gasteiger partial charge in [-0.05, 0) is 65.5 Å². The van der Waals surface area contributed by atoms with Crippen molar-refractivity contribution in [2.45, 2.75) is 87.5 Å². The fourth-order valence-electron chi connectivity index (χ4n) is 4.09. The van der Waals surface area contributed by atoms with E-state index in [9.17, 15) is 9.59 Å². The minimum atomic E-state index is -0.0475. The Morgan fingerprint density at radius 3 is 1.09 bits per heavy atom. The van der Waals surface area contributed by atoms with Gasteiger partial charge in [0.2, 0.25) is 11.8 Å². The summed E-state index contributed by atoms with van der Waals surface area (Å²) in [5.74, 6) is 0.0279. The first kappa shape index (κ1) is 26.6. The molecule has 4 heteroatoms. The molecule has 0 heterocycles. The lowest BCUT2D eigenvalue weighted by Crippen LogP contribution is -2.20. The topological polar surface area (TPSA) is 58.2 Å². The third-order valence-electron chi connectivity index (χ3n) is 6.20. The molecule has 0 bridgehead atoms. The molecular formula is C29H42N2O2. The van der Waals surface area contributed by atoms with Gasteiger partial charge in [-0.25, -0.2) is 0 Å². The molecule has 0 unspecified atom stereocenters. The van der Waals surface area contributed by atoms with Gasteiger partial charge in [0.25, 0.3) is 0 Å². The summed E-state index contributed by atoms with van der Waals surface area (Å²) in [6, 6.07) is 8.95.